The van der Waals surface area contributed by atoms with Crippen LogP contribution in [0, 0.1) is 0 Å². The minimum Gasteiger partial charge on any atom is -0.316 e. The van der Waals surface area contributed by atoms with Crippen molar-refractivity contribution in [2.75, 3.05) is 14.1 Å². The molecule has 1 heterocycles. The number of alkyl halides is 2. The van der Waals surface area contributed by atoms with Crippen molar-refractivity contribution in [3.05, 3.63) is 0 Å². The molecular formula is C5H9Cl2NO. The van der Waals surface area contributed by atoms with Gasteiger partial charge in [-0.25, -0.2) is 0 Å². The molecule has 1 unspecified atom stereocenters. The Morgan fingerprint density at radius 1 is 1.33 bits per heavy atom. The lowest BCUT2D eigenvalue weighted by Gasteiger charge is -2.14. The Balaban J connectivity index is 2.63. The molecule has 1 atom stereocenters. The van der Waals surface area contributed by atoms with Gasteiger partial charge in [0.2, 0.25) is 0 Å². The first-order chi connectivity index (χ1) is 3.90. The molecule has 0 amide bonds. The maximum atomic E-state index is 5.64. The average Bonchev–Trinajstić information content (AvgIpc) is 2.08. The maximum Gasteiger partial charge on any atom is 0.262 e. The van der Waals surface area contributed by atoms with Crippen LogP contribution in [0.3, 0.4) is 0 Å². The monoisotopic (exact) mass is 169 g/mol. The van der Waals surface area contributed by atoms with E-state index in [0.717, 1.165) is 0 Å². The Morgan fingerprint density at radius 3 is 1.67 bits per heavy atom. The zero-order valence-corrected chi connectivity index (χ0v) is 7.12. The molecule has 0 radical (unpaired) electrons. The fourth-order valence-corrected chi connectivity index (χ4v) is 1.21. The van der Waals surface area contributed by atoms with E-state index in [4.69, 9.17) is 27.9 Å². The van der Waals surface area contributed by atoms with E-state index in [1.54, 1.807) is 0 Å². The summed E-state index contributed by atoms with van der Waals surface area (Å²) in [4.78, 5) is 1.84. The van der Waals surface area contributed by atoms with Gasteiger partial charge in [-0.15, -0.1) is 0 Å². The molecule has 1 aliphatic rings. The van der Waals surface area contributed by atoms with Crippen LogP contribution in [0.1, 0.15) is 6.92 Å². The Morgan fingerprint density at radius 2 is 1.67 bits per heavy atom. The van der Waals surface area contributed by atoms with Crippen LogP contribution in [0.15, 0.2) is 0 Å². The molecule has 1 aliphatic heterocycles. The Labute approximate surface area is 64.7 Å². The van der Waals surface area contributed by atoms with Crippen molar-refractivity contribution in [3.63, 3.8) is 0 Å². The van der Waals surface area contributed by atoms with Gasteiger partial charge in [-0.3, -0.25) is 4.90 Å². The predicted octanol–water partition coefficient (Wildman–Crippen LogP) is 1.43. The van der Waals surface area contributed by atoms with E-state index in [2.05, 4.69) is 0 Å². The molecule has 54 valence electrons. The smallest absolute Gasteiger partial charge is 0.262 e. The van der Waals surface area contributed by atoms with Gasteiger partial charge in [-0.05, 0) is 21.0 Å². The van der Waals surface area contributed by atoms with Gasteiger partial charge in [0.05, 0.1) is 0 Å². The van der Waals surface area contributed by atoms with Crippen LogP contribution in [0.25, 0.3) is 0 Å². The predicted molar refractivity (Wildman–Crippen MR) is 37.6 cm³/mol. The lowest BCUT2D eigenvalue weighted by Crippen LogP contribution is -2.31. The van der Waals surface area contributed by atoms with Gasteiger partial charge in [0.25, 0.3) is 4.52 Å². The topological polar surface area (TPSA) is 15.8 Å². The summed E-state index contributed by atoms with van der Waals surface area (Å²) < 4.78 is 4.01. The van der Waals surface area contributed by atoms with E-state index in [1.807, 2.05) is 25.9 Å². The summed E-state index contributed by atoms with van der Waals surface area (Å²) >= 11 is 11.3. The van der Waals surface area contributed by atoms with Gasteiger partial charge < -0.3 is 4.74 Å². The van der Waals surface area contributed by atoms with Crippen molar-refractivity contribution in [2.45, 2.75) is 17.2 Å². The Kier molecular flexibility index (Phi) is 1.48. The number of epoxide rings is 1. The van der Waals surface area contributed by atoms with Gasteiger partial charge >= 0.3 is 0 Å². The number of hydrogen-bond acceptors (Lipinski definition) is 2. The molecule has 9 heavy (non-hydrogen) atoms. The molecule has 1 fully saturated rings. The second kappa shape index (κ2) is 1.76. The number of halogens is 2. The minimum absolute atomic E-state index is 0.490. The maximum absolute atomic E-state index is 5.64. The molecule has 2 nitrogen and oxygen atoms in total. The van der Waals surface area contributed by atoms with Gasteiger partial charge in [0.1, 0.15) is 0 Å². The summed E-state index contributed by atoms with van der Waals surface area (Å²) in [6, 6.07) is 0. The van der Waals surface area contributed by atoms with Crippen LogP contribution in [0.5, 0.6) is 0 Å². The summed E-state index contributed by atoms with van der Waals surface area (Å²) in [5.41, 5.74) is -0.490. The Bertz CT molecular complexity index is 137. The molecule has 1 rings (SSSR count). The minimum atomic E-state index is -1.00. The van der Waals surface area contributed by atoms with E-state index in [-0.39, 0.29) is 0 Å². The quantitative estimate of drug-likeness (QED) is 0.437. The molecule has 0 aromatic heterocycles. The SMILES string of the molecule is CN(C)C1(C)OC1(Cl)Cl. The molecule has 0 aromatic carbocycles. The van der Waals surface area contributed by atoms with Gasteiger partial charge in [0.15, 0.2) is 5.72 Å². The average molecular weight is 170 g/mol. The van der Waals surface area contributed by atoms with E-state index in [9.17, 15) is 0 Å². The first-order valence-electron chi connectivity index (χ1n) is 2.65. The molecular weight excluding hydrogens is 161 g/mol. The summed E-state index contributed by atoms with van der Waals surface area (Å²) in [5.74, 6) is 0. The van der Waals surface area contributed by atoms with Crippen LogP contribution >= 0.6 is 23.2 Å². The van der Waals surface area contributed by atoms with E-state index < -0.39 is 10.2 Å². The summed E-state index contributed by atoms with van der Waals surface area (Å²) in [6.45, 7) is 1.84. The molecule has 0 N–H and O–H groups in total. The summed E-state index contributed by atoms with van der Waals surface area (Å²) in [7, 11) is 3.74. The fraction of sp³-hybridized carbons (Fsp3) is 1.00. The standard InChI is InChI=1S/C5H9Cl2NO/c1-4(8(2)3)5(6,7)9-4/h1-3H3. The van der Waals surface area contributed by atoms with E-state index in [1.165, 1.54) is 0 Å². The molecule has 0 saturated carbocycles. The van der Waals surface area contributed by atoms with Crippen LogP contribution in [-0.2, 0) is 4.74 Å². The molecule has 4 heteroatoms. The van der Waals surface area contributed by atoms with Gasteiger partial charge in [0, 0.05) is 0 Å². The molecule has 1 saturated heterocycles. The zero-order valence-electron chi connectivity index (χ0n) is 5.61. The lowest BCUT2D eigenvalue weighted by molar-refractivity contribution is 0.150. The van der Waals surface area contributed by atoms with Gasteiger partial charge in [-0.1, -0.05) is 23.2 Å². The summed E-state index contributed by atoms with van der Waals surface area (Å²) in [5, 5.41) is 0. The van der Waals surface area contributed by atoms with Crippen molar-refractivity contribution in [3.8, 4) is 0 Å². The fourth-order valence-electron chi connectivity index (χ4n) is 0.576. The van der Waals surface area contributed by atoms with Crippen LogP contribution in [0.4, 0.5) is 0 Å². The Hall–Kier alpha value is 0.500. The first kappa shape index (κ1) is 7.61. The largest absolute Gasteiger partial charge is 0.316 e. The second-order valence-corrected chi connectivity index (χ2v) is 3.75. The van der Waals surface area contributed by atoms with Crippen molar-refractivity contribution in [2.24, 2.45) is 0 Å². The van der Waals surface area contributed by atoms with Crippen molar-refractivity contribution < 1.29 is 4.74 Å². The number of ether oxygens (including phenoxy) is 1. The molecule has 0 bridgehead atoms. The van der Waals surface area contributed by atoms with E-state index >= 15 is 0 Å². The van der Waals surface area contributed by atoms with Crippen LogP contribution in [-0.4, -0.2) is 29.2 Å². The van der Waals surface area contributed by atoms with E-state index in [0.29, 0.717) is 0 Å². The highest BCUT2D eigenvalue weighted by molar-refractivity contribution is 6.50. The molecule has 0 aliphatic carbocycles. The highest BCUT2D eigenvalue weighted by Gasteiger charge is 2.67. The number of rotatable bonds is 1. The third kappa shape index (κ3) is 0.944. The van der Waals surface area contributed by atoms with Crippen LogP contribution in [0.2, 0.25) is 0 Å². The van der Waals surface area contributed by atoms with Crippen LogP contribution < -0.4 is 0 Å². The summed E-state index contributed by atoms with van der Waals surface area (Å²) in [6.07, 6.45) is 0. The van der Waals surface area contributed by atoms with Crippen molar-refractivity contribution >= 4 is 23.2 Å². The first-order valence-corrected chi connectivity index (χ1v) is 3.41. The second-order valence-electron chi connectivity index (χ2n) is 2.50. The molecule has 0 aromatic rings. The third-order valence-electron chi connectivity index (χ3n) is 1.68. The van der Waals surface area contributed by atoms with Crippen molar-refractivity contribution in [1.82, 2.24) is 4.90 Å². The third-order valence-corrected chi connectivity index (χ3v) is 2.53. The highest BCUT2D eigenvalue weighted by Crippen LogP contribution is 2.55. The lowest BCUT2D eigenvalue weighted by atomic mass is 10.3. The van der Waals surface area contributed by atoms with Crippen molar-refractivity contribution in [1.29, 1.82) is 0 Å². The zero-order chi connectivity index (χ0) is 7.28. The number of likely N-dealkylation sites (N-methyl/N-ethyl adjacent to an activating group) is 1. The molecule has 0 spiro atoms. The number of nitrogens with zero attached hydrogens (tertiary/aromatic N) is 1. The van der Waals surface area contributed by atoms with Gasteiger partial charge in [-0.2, -0.15) is 0 Å². The number of hydrogen-bond donors (Lipinski definition) is 0. The normalized spacial score (nSPS) is 39.3. The highest BCUT2D eigenvalue weighted by atomic mass is 35.5.